The number of aliphatic hydroxyl groups excluding tert-OH is 1. The van der Waals surface area contributed by atoms with Gasteiger partial charge in [0.05, 0.1) is 6.61 Å². The minimum atomic E-state index is -1.03. The molecule has 1 atom stereocenters. The van der Waals surface area contributed by atoms with Gasteiger partial charge in [-0.05, 0) is 12.1 Å². The number of halogens is 1. The van der Waals surface area contributed by atoms with Gasteiger partial charge in [0.2, 0.25) is 0 Å². The van der Waals surface area contributed by atoms with Gasteiger partial charge in [-0.3, -0.25) is 9.59 Å². The van der Waals surface area contributed by atoms with Gasteiger partial charge in [-0.15, -0.1) is 11.8 Å². The van der Waals surface area contributed by atoms with Crippen LogP contribution in [0.25, 0.3) is 0 Å². The Bertz CT molecular complexity index is 436. The third-order valence-corrected chi connectivity index (χ3v) is 3.89. The third kappa shape index (κ3) is 4.80. The Morgan fingerprint density at radius 1 is 1.39 bits per heavy atom. The molecule has 1 unspecified atom stereocenters. The van der Waals surface area contributed by atoms with E-state index in [0.717, 1.165) is 16.2 Å². The van der Waals surface area contributed by atoms with Crippen LogP contribution in [0.3, 0.4) is 0 Å². The summed E-state index contributed by atoms with van der Waals surface area (Å²) < 4.78 is 0.781. The number of ketones is 1. The maximum absolute atomic E-state index is 11.9. The van der Waals surface area contributed by atoms with Crippen molar-refractivity contribution in [2.45, 2.75) is 11.7 Å². The van der Waals surface area contributed by atoms with Crippen molar-refractivity contribution in [2.75, 3.05) is 12.4 Å². The van der Waals surface area contributed by atoms with E-state index < -0.39 is 11.2 Å². The van der Waals surface area contributed by atoms with Crippen molar-refractivity contribution >= 4 is 39.4 Å². The molecule has 6 heteroatoms. The number of carbonyl (C=O) groups is 2. The Hall–Kier alpha value is -0.850. The first kappa shape index (κ1) is 15.2. The van der Waals surface area contributed by atoms with Crippen LogP contribution >= 0.6 is 27.7 Å². The fraction of sp³-hybridized carbons (Fsp3) is 0.333. The standard InChI is InChI=1S/C12H13BrO4S/c13-9-3-1-2-8(6-9)10(15)7-11(12(16)17)18-5-4-14/h1-3,6,11,14H,4-5,7H2,(H,16,17). The van der Waals surface area contributed by atoms with Gasteiger partial charge < -0.3 is 10.2 Å². The number of aliphatic carboxylic acids is 1. The van der Waals surface area contributed by atoms with E-state index in [2.05, 4.69) is 15.9 Å². The highest BCUT2D eigenvalue weighted by Crippen LogP contribution is 2.19. The van der Waals surface area contributed by atoms with Crippen LogP contribution in [-0.2, 0) is 4.79 Å². The fourth-order valence-electron chi connectivity index (χ4n) is 1.36. The predicted octanol–water partition coefficient (Wildman–Crippen LogP) is 2.20. The molecule has 0 amide bonds. The highest BCUT2D eigenvalue weighted by molar-refractivity contribution is 9.10. The van der Waals surface area contributed by atoms with Crippen LogP contribution in [0, 0.1) is 0 Å². The van der Waals surface area contributed by atoms with Crippen molar-refractivity contribution in [3.63, 3.8) is 0 Å². The van der Waals surface area contributed by atoms with Gasteiger partial charge in [0, 0.05) is 22.2 Å². The summed E-state index contributed by atoms with van der Waals surface area (Å²) >= 11 is 4.34. The first-order valence-corrected chi connectivity index (χ1v) is 7.13. The summed E-state index contributed by atoms with van der Waals surface area (Å²) in [5.74, 6) is -0.936. The van der Waals surface area contributed by atoms with Crippen LogP contribution in [0.2, 0.25) is 0 Å². The average Bonchev–Trinajstić information content (AvgIpc) is 2.33. The third-order valence-electron chi connectivity index (χ3n) is 2.20. The van der Waals surface area contributed by atoms with Gasteiger partial charge in [0.15, 0.2) is 5.78 Å². The second kappa shape index (κ2) is 7.56. The van der Waals surface area contributed by atoms with Gasteiger partial charge in [-0.25, -0.2) is 0 Å². The topological polar surface area (TPSA) is 74.6 Å². The molecule has 4 nitrogen and oxygen atoms in total. The normalized spacial score (nSPS) is 12.1. The van der Waals surface area contributed by atoms with E-state index in [9.17, 15) is 9.59 Å². The van der Waals surface area contributed by atoms with E-state index in [1.807, 2.05) is 0 Å². The first-order chi connectivity index (χ1) is 8.54. The largest absolute Gasteiger partial charge is 0.480 e. The maximum Gasteiger partial charge on any atom is 0.317 e. The van der Waals surface area contributed by atoms with Crippen LogP contribution in [0.1, 0.15) is 16.8 Å². The number of carboxylic acids is 1. The quantitative estimate of drug-likeness (QED) is 0.749. The van der Waals surface area contributed by atoms with Crippen molar-refractivity contribution in [1.82, 2.24) is 0 Å². The number of rotatable bonds is 7. The molecule has 1 aromatic carbocycles. The monoisotopic (exact) mass is 332 g/mol. The van der Waals surface area contributed by atoms with Crippen LogP contribution in [0.5, 0.6) is 0 Å². The Balaban J connectivity index is 2.69. The van der Waals surface area contributed by atoms with Crippen LogP contribution in [-0.4, -0.2) is 39.6 Å². The number of hydrogen-bond donors (Lipinski definition) is 2. The number of thioether (sulfide) groups is 1. The molecule has 0 aliphatic heterocycles. The van der Waals surface area contributed by atoms with E-state index in [-0.39, 0.29) is 18.8 Å². The molecule has 0 spiro atoms. The molecule has 1 rings (SSSR count). The molecule has 98 valence electrons. The highest BCUT2D eigenvalue weighted by Gasteiger charge is 2.22. The lowest BCUT2D eigenvalue weighted by Gasteiger charge is -2.10. The smallest absolute Gasteiger partial charge is 0.317 e. The van der Waals surface area contributed by atoms with E-state index in [0.29, 0.717) is 11.3 Å². The molecule has 0 fully saturated rings. The number of benzene rings is 1. The van der Waals surface area contributed by atoms with Crippen molar-refractivity contribution in [1.29, 1.82) is 0 Å². The second-order valence-electron chi connectivity index (χ2n) is 3.56. The molecule has 2 N–H and O–H groups in total. The summed E-state index contributed by atoms with van der Waals surface area (Å²) in [5.41, 5.74) is 0.486. The zero-order chi connectivity index (χ0) is 13.5. The van der Waals surface area contributed by atoms with Crippen LogP contribution in [0.15, 0.2) is 28.7 Å². The number of aliphatic hydroxyl groups is 1. The first-order valence-electron chi connectivity index (χ1n) is 5.28. The molecule has 0 heterocycles. The van der Waals surface area contributed by atoms with Crippen molar-refractivity contribution in [3.05, 3.63) is 34.3 Å². The van der Waals surface area contributed by atoms with Crippen LogP contribution < -0.4 is 0 Å². The van der Waals surface area contributed by atoms with Crippen molar-refractivity contribution in [3.8, 4) is 0 Å². The minimum Gasteiger partial charge on any atom is -0.480 e. The molecule has 0 aliphatic rings. The van der Waals surface area contributed by atoms with Gasteiger partial charge in [-0.1, -0.05) is 28.1 Å². The SMILES string of the molecule is O=C(CC(SCCO)C(=O)O)c1cccc(Br)c1. The second-order valence-corrected chi connectivity index (χ2v) is 5.79. The van der Waals surface area contributed by atoms with Crippen molar-refractivity contribution in [2.24, 2.45) is 0 Å². The molecule has 18 heavy (non-hydrogen) atoms. The average molecular weight is 333 g/mol. The Morgan fingerprint density at radius 3 is 2.67 bits per heavy atom. The zero-order valence-electron chi connectivity index (χ0n) is 9.51. The van der Waals surface area contributed by atoms with E-state index in [1.165, 1.54) is 0 Å². The Morgan fingerprint density at radius 2 is 2.11 bits per heavy atom. The minimum absolute atomic E-state index is 0.0730. The summed E-state index contributed by atoms with van der Waals surface area (Å²) in [6, 6.07) is 6.85. The lowest BCUT2D eigenvalue weighted by molar-refractivity contribution is -0.136. The number of hydrogen-bond acceptors (Lipinski definition) is 4. The molecule has 0 saturated heterocycles. The summed E-state index contributed by atoms with van der Waals surface area (Å²) in [6.07, 6.45) is -0.0730. The Kier molecular flexibility index (Phi) is 6.38. The highest BCUT2D eigenvalue weighted by atomic mass is 79.9. The molecule has 1 aromatic rings. The fourth-order valence-corrected chi connectivity index (χ4v) is 2.56. The molecule has 0 saturated carbocycles. The van der Waals surface area contributed by atoms with Crippen molar-refractivity contribution < 1.29 is 19.8 Å². The van der Waals surface area contributed by atoms with Crippen LogP contribution in [0.4, 0.5) is 0 Å². The summed E-state index contributed by atoms with van der Waals surface area (Å²) in [4.78, 5) is 22.9. The predicted molar refractivity (Wildman–Crippen MR) is 74.1 cm³/mol. The number of carboxylic acid groups (broad SMARTS) is 1. The van der Waals surface area contributed by atoms with E-state index in [1.54, 1.807) is 24.3 Å². The van der Waals surface area contributed by atoms with Gasteiger partial charge in [-0.2, -0.15) is 0 Å². The summed E-state index contributed by atoms with van der Waals surface area (Å²) in [5, 5.41) is 16.8. The molecular weight excluding hydrogens is 320 g/mol. The number of carbonyl (C=O) groups excluding carboxylic acids is 1. The van der Waals surface area contributed by atoms with Gasteiger partial charge in [0.1, 0.15) is 5.25 Å². The summed E-state index contributed by atoms with van der Waals surface area (Å²) in [6.45, 7) is -0.0977. The lowest BCUT2D eigenvalue weighted by Crippen LogP contribution is -2.21. The molecule has 0 aromatic heterocycles. The zero-order valence-corrected chi connectivity index (χ0v) is 11.9. The summed E-state index contributed by atoms with van der Waals surface area (Å²) in [7, 11) is 0. The Labute approximate surface area is 118 Å². The van der Waals surface area contributed by atoms with E-state index in [4.69, 9.17) is 10.2 Å². The van der Waals surface area contributed by atoms with E-state index >= 15 is 0 Å². The number of Topliss-reactive ketones (excluding diaryl/α,β-unsaturated/α-hetero) is 1. The maximum atomic E-state index is 11.9. The molecule has 0 aliphatic carbocycles. The molecule has 0 radical (unpaired) electrons. The molecular formula is C12H13BrO4S. The van der Waals surface area contributed by atoms with Gasteiger partial charge in [0.25, 0.3) is 0 Å². The molecule has 0 bridgehead atoms. The van der Waals surface area contributed by atoms with Gasteiger partial charge >= 0.3 is 5.97 Å². The lowest BCUT2D eigenvalue weighted by atomic mass is 10.1.